The number of rotatable bonds is 4. The van der Waals surface area contributed by atoms with Crippen molar-refractivity contribution in [3.05, 3.63) is 69.8 Å². The fraction of sp³-hybridized carbons (Fsp3) is 0.333. The van der Waals surface area contributed by atoms with Crippen molar-refractivity contribution in [3.63, 3.8) is 0 Å². The summed E-state index contributed by atoms with van der Waals surface area (Å²) in [5, 5.41) is 10.3. The minimum Gasteiger partial charge on any atom is -0.388 e. The Labute approximate surface area is 124 Å². The van der Waals surface area contributed by atoms with Crippen LogP contribution in [0, 0.1) is 20.8 Å². The molecule has 1 N–H and O–H groups in total. The number of hydrogen-bond acceptors (Lipinski definition) is 1. The van der Waals surface area contributed by atoms with E-state index in [-0.39, 0.29) is 5.56 Å². The zero-order valence-electron chi connectivity index (χ0n) is 12.5. The van der Waals surface area contributed by atoms with Gasteiger partial charge in [0.1, 0.15) is 0 Å². The van der Waals surface area contributed by atoms with E-state index in [2.05, 4.69) is 12.1 Å². The number of halogens is 2. The smallest absolute Gasteiger partial charge is 0.263 e. The minimum absolute atomic E-state index is 0.0198. The molecule has 0 fully saturated rings. The van der Waals surface area contributed by atoms with E-state index in [4.69, 9.17) is 0 Å². The van der Waals surface area contributed by atoms with Crippen molar-refractivity contribution in [2.24, 2.45) is 0 Å². The average Bonchev–Trinajstić information content (AvgIpc) is 2.42. The zero-order valence-corrected chi connectivity index (χ0v) is 12.5. The SMILES string of the molecule is Cc1cc(C)c(CC(O)c2ccc(C(F)F)cc2)c(C)c1. The number of alkyl halides is 2. The van der Waals surface area contributed by atoms with E-state index >= 15 is 0 Å². The Hall–Kier alpha value is -1.74. The topological polar surface area (TPSA) is 20.2 Å². The predicted molar refractivity (Wildman–Crippen MR) is 80.7 cm³/mol. The number of aliphatic hydroxyl groups excluding tert-OH is 1. The largest absolute Gasteiger partial charge is 0.388 e. The lowest BCUT2D eigenvalue weighted by atomic mass is 9.93. The fourth-order valence-electron chi connectivity index (χ4n) is 2.71. The van der Waals surface area contributed by atoms with Gasteiger partial charge in [0, 0.05) is 12.0 Å². The maximum Gasteiger partial charge on any atom is 0.263 e. The molecule has 0 aliphatic heterocycles. The second kappa shape index (κ2) is 6.35. The van der Waals surface area contributed by atoms with Gasteiger partial charge in [-0.25, -0.2) is 8.78 Å². The summed E-state index contributed by atoms with van der Waals surface area (Å²) in [7, 11) is 0. The van der Waals surface area contributed by atoms with Crippen LogP contribution in [0.5, 0.6) is 0 Å². The highest BCUT2D eigenvalue weighted by Crippen LogP contribution is 2.26. The maximum absolute atomic E-state index is 12.5. The zero-order chi connectivity index (χ0) is 15.6. The molecule has 3 heteroatoms. The first-order valence-corrected chi connectivity index (χ1v) is 7.01. The third-order valence-electron chi connectivity index (χ3n) is 3.81. The molecule has 2 rings (SSSR count). The minimum atomic E-state index is -2.47. The Morgan fingerprint density at radius 2 is 1.38 bits per heavy atom. The lowest BCUT2D eigenvalue weighted by molar-refractivity contribution is 0.151. The number of hydrogen-bond donors (Lipinski definition) is 1. The molecule has 2 aromatic rings. The van der Waals surface area contributed by atoms with E-state index in [1.807, 2.05) is 20.8 Å². The van der Waals surface area contributed by atoms with Crippen molar-refractivity contribution in [2.45, 2.75) is 39.7 Å². The van der Waals surface area contributed by atoms with Crippen LogP contribution in [0.3, 0.4) is 0 Å². The molecule has 0 amide bonds. The van der Waals surface area contributed by atoms with Gasteiger partial charge in [-0.05, 0) is 43.0 Å². The van der Waals surface area contributed by atoms with Gasteiger partial charge in [0.15, 0.2) is 0 Å². The molecule has 0 radical (unpaired) electrons. The fourth-order valence-corrected chi connectivity index (χ4v) is 2.71. The first-order valence-electron chi connectivity index (χ1n) is 7.01. The van der Waals surface area contributed by atoms with Gasteiger partial charge in [-0.15, -0.1) is 0 Å². The summed E-state index contributed by atoms with van der Waals surface area (Å²) in [6, 6.07) is 10.1. The third kappa shape index (κ3) is 3.67. The molecule has 21 heavy (non-hydrogen) atoms. The number of aliphatic hydroxyl groups is 1. The Morgan fingerprint density at radius 1 is 0.905 bits per heavy atom. The van der Waals surface area contributed by atoms with Gasteiger partial charge in [0.2, 0.25) is 0 Å². The number of benzene rings is 2. The maximum atomic E-state index is 12.5. The standard InChI is InChI=1S/C18H20F2O/c1-11-8-12(2)16(13(3)9-11)10-17(21)14-4-6-15(7-5-14)18(19)20/h4-9,17-18,21H,10H2,1-3H3. The summed E-state index contributed by atoms with van der Waals surface area (Å²) in [4.78, 5) is 0. The van der Waals surface area contributed by atoms with Crippen molar-refractivity contribution < 1.29 is 13.9 Å². The van der Waals surface area contributed by atoms with Gasteiger partial charge in [-0.1, -0.05) is 42.0 Å². The van der Waals surface area contributed by atoms with E-state index < -0.39 is 12.5 Å². The van der Waals surface area contributed by atoms with E-state index in [0.717, 1.165) is 16.7 Å². The summed E-state index contributed by atoms with van der Waals surface area (Å²) in [5.41, 5.74) is 5.26. The van der Waals surface area contributed by atoms with E-state index in [1.54, 1.807) is 12.1 Å². The molecule has 0 aliphatic rings. The highest BCUT2D eigenvalue weighted by Gasteiger charge is 2.14. The van der Waals surface area contributed by atoms with Gasteiger partial charge >= 0.3 is 0 Å². The molecule has 2 aromatic carbocycles. The first kappa shape index (κ1) is 15.6. The van der Waals surface area contributed by atoms with Crippen LogP contribution in [-0.4, -0.2) is 5.11 Å². The monoisotopic (exact) mass is 290 g/mol. The summed E-state index contributed by atoms with van der Waals surface area (Å²) >= 11 is 0. The number of aryl methyl sites for hydroxylation is 3. The highest BCUT2D eigenvalue weighted by atomic mass is 19.3. The lowest BCUT2D eigenvalue weighted by Crippen LogP contribution is -2.05. The van der Waals surface area contributed by atoms with Crippen LogP contribution >= 0.6 is 0 Å². The second-order valence-corrected chi connectivity index (χ2v) is 5.56. The summed E-state index contributed by atoms with van der Waals surface area (Å²) < 4.78 is 25.1. The van der Waals surface area contributed by atoms with Gasteiger partial charge in [-0.3, -0.25) is 0 Å². The molecule has 0 heterocycles. The van der Waals surface area contributed by atoms with E-state index in [9.17, 15) is 13.9 Å². The molecular formula is C18H20F2O. The van der Waals surface area contributed by atoms with Gasteiger partial charge in [-0.2, -0.15) is 0 Å². The molecule has 0 aliphatic carbocycles. The van der Waals surface area contributed by atoms with Gasteiger partial charge < -0.3 is 5.11 Å². The van der Waals surface area contributed by atoms with Crippen LogP contribution in [-0.2, 0) is 6.42 Å². The first-order chi connectivity index (χ1) is 9.88. The molecular weight excluding hydrogens is 270 g/mol. The molecule has 0 aromatic heterocycles. The molecule has 1 unspecified atom stereocenters. The van der Waals surface area contributed by atoms with Crippen molar-refractivity contribution in [1.82, 2.24) is 0 Å². The van der Waals surface area contributed by atoms with Crippen molar-refractivity contribution >= 4 is 0 Å². The molecule has 0 spiro atoms. The molecule has 0 saturated heterocycles. The van der Waals surface area contributed by atoms with Crippen LogP contribution < -0.4 is 0 Å². The van der Waals surface area contributed by atoms with Crippen LogP contribution in [0.4, 0.5) is 8.78 Å². The Balaban J connectivity index is 2.20. The van der Waals surface area contributed by atoms with Crippen molar-refractivity contribution in [2.75, 3.05) is 0 Å². The summed E-state index contributed by atoms with van der Waals surface area (Å²) in [6.07, 6.45) is -2.67. The predicted octanol–water partition coefficient (Wildman–Crippen LogP) is 4.83. The average molecular weight is 290 g/mol. The van der Waals surface area contributed by atoms with Crippen LogP contribution in [0.2, 0.25) is 0 Å². The molecule has 0 bridgehead atoms. The van der Waals surface area contributed by atoms with Gasteiger partial charge in [0.05, 0.1) is 6.10 Å². The van der Waals surface area contributed by atoms with E-state index in [1.165, 1.54) is 17.7 Å². The van der Waals surface area contributed by atoms with Crippen LogP contribution in [0.15, 0.2) is 36.4 Å². The third-order valence-corrected chi connectivity index (χ3v) is 3.81. The Kier molecular flexibility index (Phi) is 4.73. The van der Waals surface area contributed by atoms with E-state index in [0.29, 0.717) is 12.0 Å². The van der Waals surface area contributed by atoms with Crippen LogP contribution in [0.1, 0.15) is 45.9 Å². The molecule has 1 nitrogen and oxygen atoms in total. The Bertz CT molecular complexity index is 595. The lowest BCUT2D eigenvalue weighted by Gasteiger charge is -2.16. The normalized spacial score (nSPS) is 12.7. The molecule has 1 atom stereocenters. The van der Waals surface area contributed by atoms with Crippen molar-refractivity contribution in [3.8, 4) is 0 Å². The van der Waals surface area contributed by atoms with Crippen molar-refractivity contribution in [1.29, 1.82) is 0 Å². The highest BCUT2D eigenvalue weighted by molar-refractivity contribution is 5.38. The molecule has 0 saturated carbocycles. The second-order valence-electron chi connectivity index (χ2n) is 5.56. The molecule has 112 valence electrons. The summed E-state index contributed by atoms with van der Waals surface area (Å²) in [6.45, 7) is 6.10. The summed E-state index contributed by atoms with van der Waals surface area (Å²) in [5.74, 6) is 0. The Morgan fingerprint density at radius 3 is 1.86 bits per heavy atom. The quantitative estimate of drug-likeness (QED) is 0.855. The van der Waals surface area contributed by atoms with Crippen LogP contribution in [0.25, 0.3) is 0 Å². The van der Waals surface area contributed by atoms with Gasteiger partial charge in [0.25, 0.3) is 6.43 Å².